The van der Waals surface area contributed by atoms with E-state index in [0.717, 1.165) is 16.7 Å². The molecule has 0 saturated carbocycles. The second-order valence-electron chi connectivity index (χ2n) is 4.30. The summed E-state index contributed by atoms with van der Waals surface area (Å²) >= 11 is 0. The lowest BCUT2D eigenvalue weighted by atomic mass is 10.0. The van der Waals surface area contributed by atoms with E-state index in [0.29, 0.717) is 4.90 Å². The molecule has 0 heterocycles. The van der Waals surface area contributed by atoms with Gasteiger partial charge in [-0.3, -0.25) is 0 Å². The Hall–Kier alpha value is -1.81. The fourth-order valence-corrected chi connectivity index (χ4v) is 2.41. The number of hydrogen-bond acceptors (Lipinski definition) is 3. The van der Waals surface area contributed by atoms with E-state index < -0.39 is 9.84 Å². The monoisotopic (exact) mass is 262 g/mol. The molecule has 0 bridgehead atoms. The van der Waals surface area contributed by atoms with Crippen LogP contribution in [0.5, 0.6) is 5.75 Å². The number of benzene rings is 2. The highest BCUT2D eigenvalue weighted by atomic mass is 32.2. The topological polar surface area (TPSA) is 54.4 Å². The summed E-state index contributed by atoms with van der Waals surface area (Å²) in [5.41, 5.74) is 2.47. The molecule has 0 aliphatic heterocycles. The molecule has 0 fully saturated rings. The zero-order valence-electron chi connectivity index (χ0n) is 10.2. The number of phenols is 1. The van der Waals surface area contributed by atoms with Crippen LogP contribution < -0.4 is 0 Å². The average Bonchev–Trinajstić information content (AvgIpc) is 2.32. The predicted octanol–water partition coefficient (Wildman–Crippen LogP) is 2.77. The zero-order chi connectivity index (χ0) is 13.3. The highest BCUT2D eigenvalue weighted by Crippen LogP contribution is 2.26. The molecule has 0 amide bonds. The van der Waals surface area contributed by atoms with E-state index >= 15 is 0 Å². The van der Waals surface area contributed by atoms with Gasteiger partial charge in [0.05, 0.1) is 4.90 Å². The Morgan fingerprint density at radius 1 is 1.00 bits per heavy atom. The Labute approximate surface area is 107 Å². The lowest BCUT2D eigenvalue weighted by molar-refractivity contribution is 0.471. The molecule has 0 atom stereocenters. The van der Waals surface area contributed by atoms with Crippen molar-refractivity contribution >= 4 is 9.84 Å². The van der Waals surface area contributed by atoms with Crippen molar-refractivity contribution in [1.29, 1.82) is 0 Å². The van der Waals surface area contributed by atoms with Gasteiger partial charge in [0.1, 0.15) is 5.75 Å². The van der Waals surface area contributed by atoms with Crippen LogP contribution in [-0.4, -0.2) is 19.8 Å². The maximum absolute atomic E-state index is 11.5. The molecule has 0 spiro atoms. The van der Waals surface area contributed by atoms with Gasteiger partial charge in [-0.15, -0.1) is 0 Å². The molecule has 94 valence electrons. The van der Waals surface area contributed by atoms with E-state index in [1.54, 1.807) is 37.3 Å². The number of aromatic hydroxyl groups is 1. The Kier molecular flexibility index (Phi) is 3.13. The minimum absolute atomic E-state index is 0.234. The molecule has 0 unspecified atom stereocenters. The van der Waals surface area contributed by atoms with Crippen LogP contribution in [0.1, 0.15) is 5.56 Å². The van der Waals surface area contributed by atoms with E-state index in [1.807, 2.05) is 12.1 Å². The Morgan fingerprint density at radius 3 is 2.28 bits per heavy atom. The van der Waals surface area contributed by atoms with Gasteiger partial charge in [-0.25, -0.2) is 8.42 Å². The van der Waals surface area contributed by atoms with Crippen molar-refractivity contribution in [3.8, 4) is 16.9 Å². The minimum atomic E-state index is -3.20. The highest BCUT2D eigenvalue weighted by Gasteiger charge is 2.08. The van der Waals surface area contributed by atoms with Gasteiger partial charge in [0.15, 0.2) is 9.84 Å². The van der Waals surface area contributed by atoms with E-state index in [-0.39, 0.29) is 5.75 Å². The maximum atomic E-state index is 11.5. The van der Waals surface area contributed by atoms with E-state index in [9.17, 15) is 13.5 Å². The first-order valence-electron chi connectivity index (χ1n) is 5.48. The van der Waals surface area contributed by atoms with E-state index in [4.69, 9.17) is 0 Å². The van der Waals surface area contributed by atoms with Gasteiger partial charge in [-0.05, 0) is 47.9 Å². The molecule has 0 radical (unpaired) electrons. The molecule has 0 aliphatic carbocycles. The molecular weight excluding hydrogens is 248 g/mol. The van der Waals surface area contributed by atoms with Gasteiger partial charge in [0, 0.05) is 6.26 Å². The molecule has 2 aromatic rings. The van der Waals surface area contributed by atoms with Gasteiger partial charge in [-0.2, -0.15) is 0 Å². The smallest absolute Gasteiger partial charge is 0.175 e. The predicted molar refractivity (Wildman–Crippen MR) is 71.4 cm³/mol. The van der Waals surface area contributed by atoms with Crippen molar-refractivity contribution in [1.82, 2.24) is 0 Å². The Bertz CT molecular complexity index is 688. The summed E-state index contributed by atoms with van der Waals surface area (Å²) in [6.07, 6.45) is 1.19. The van der Waals surface area contributed by atoms with Gasteiger partial charge >= 0.3 is 0 Å². The minimum Gasteiger partial charge on any atom is -0.508 e. The molecular formula is C14H14O3S. The van der Waals surface area contributed by atoms with Gasteiger partial charge in [0.2, 0.25) is 0 Å². The van der Waals surface area contributed by atoms with Crippen LogP contribution >= 0.6 is 0 Å². The van der Waals surface area contributed by atoms with Crippen LogP contribution in [0, 0.1) is 6.92 Å². The lowest BCUT2D eigenvalue weighted by Gasteiger charge is -2.06. The third-order valence-corrected chi connectivity index (χ3v) is 3.90. The van der Waals surface area contributed by atoms with Crippen molar-refractivity contribution in [3.63, 3.8) is 0 Å². The number of sulfone groups is 1. The second-order valence-corrected chi connectivity index (χ2v) is 6.32. The molecule has 0 saturated heterocycles. The molecule has 4 heteroatoms. The molecule has 0 aromatic heterocycles. The van der Waals surface area contributed by atoms with Gasteiger partial charge in [-0.1, -0.05) is 18.2 Å². The number of aryl methyl sites for hydroxylation is 1. The SMILES string of the molecule is Cc1cc(-c2cccc(S(C)(=O)=O)c2)ccc1O. The third kappa shape index (κ3) is 2.54. The first kappa shape index (κ1) is 12.6. The maximum Gasteiger partial charge on any atom is 0.175 e. The molecule has 1 N–H and O–H groups in total. The Morgan fingerprint density at radius 2 is 1.67 bits per heavy atom. The van der Waals surface area contributed by atoms with Crippen LogP contribution in [0.15, 0.2) is 47.4 Å². The molecule has 3 nitrogen and oxygen atoms in total. The number of phenolic OH excluding ortho intramolecular Hbond substituents is 1. The van der Waals surface area contributed by atoms with Gasteiger partial charge < -0.3 is 5.11 Å². The quantitative estimate of drug-likeness (QED) is 0.905. The van der Waals surface area contributed by atoms with Crippen molar-refractivity contribution in [3.05, 3.63) is 48.0 Å². The Balaban J connectivity index is 2.55. The summed E-state index contributed by atoms with van der Waals surface area (Å²) in [7, 11) is -3.20. The first-order chi connectivity index (χ1) is 8.38. The van der Waals surface area contributed by atoms with Crippen LogP contribution in [0.4, 0.5) is 0 Å². The van der Waals surface area contributed by atoms with Crippen LogP contribution in [0.2, 0.25) is 0 Å². The van der Waals surface area contributed by atoms with Crippen molar-refractivity contribution in [2.75, 3.05) is 6.26 Å². The summed E-state index contributed by atoms with van der Waals surface area (Å²) in [5, 5.41) is 9.48. The summed E-state index contributed by atoms with van der Waals surface area (Å²) in [4.78, 5) is 0.297. The second kappa shape index (κ2) is 4.46. The summed E-state index contributed by atoms with van der Waals surface area (Å²) in [6.45, 7) is 1.80. The van der Waals surface area contributed by atoms with E-state index in [2.05, 4.69) is 0 Å². The van der Waals surface area contributed by atoms with E-state index in [1.165, 1.54) is 6.26 Å². The lowest BCUT2D eigenvalue weighted by Crippen LogP contribution is -1.96. The van der Waals surface area contributed by atoms with Crippen LogP contribution in [0.3, 0.4) is 0 Å². The third-order valence-electron chi connectivity index (χ3n) is 2.79. The summed E-state index contributed by atoms with van der Waals surface area (Å²) in [5.74, 6) is 0.234. The van der Waals surface area contributed by atoms with Crippen molar-refractivity contribution in [2.45, 2.75) is 11.8 Å². The zero-order valence-corrected chi connectivity index (χ0v) is 11.0. The van der Waals surface area contributed by atoms with Crippen molar-refractivity contribution < 1.29 is 13.5 Å². The first-order valence-corrected chi connectivity index (χ1v) is 7.37. The highest BCUT2D eigenvalue weighted by molar-refractivity contribution is 7.90. The summed E-state index contributed by atoms with van der Waals surface area (Å²) < 4.78 is 23.0. The molecule has 0 aliphatic rings. The number of hydrogen-bond donors (Lipinski definition) is 1. The summed E-state index contributed by atoms with van der Waals surface area (Å²) in [6, 6.07) is 12.0. The van der Waals surface area contributed by atoms with Crippen LogP contribution in [0.25, 0.3) is 11.1 Å². The van der Waals surface area contributed by atoms with Crippen LogP contribution in [-0.2, 0) is 9.84 Å². The molecule has 18 heavy (non-hydrogen) atoms. The standard InChI is InChI=1S/C14H14O3S/c1-10-8-12(6-7-14(10)15)11-4-3-5-13(9-11)18(2,16)17/h3-9,15H,1-2H3. The fourth-order valence-electron chi connectivity index (χ4n) is 1.74. The fraction of sp³-hybridized carbons (Fsp3) is 0.143. The molecule has 2 aromatic carbocycles. The van der Waals surface area contributed by atoms with Gasteiger partial charge in [0.25, 0.3) is 0 Å². The van der Waals surface area contributed by atoms with Crippen molar-refractivity contribution in [2.24, 2.45) is 0 Å². The average molecular weight is 262 g/mol. The normalized spacial score (nSPS) is 11.4. The molecule has 2 rings (SSSR count). The number of rotatable bonds is 2. The largest absolute Gasteiger partial charge is 0.508 e.